The first-order chi connectivity index (χ1) is 59.2. The fourth-order valence-electron chi connectivity index (χ4n) is 15.7. The van der Waals surface area contributed by atoms with E-state index in [1.54, 1.807) is 12.1 Å². The number of aliphatic hydroxyl groups is 6. The highest BCUT2D eigenvalue weighted by molar-refractivity contribution is 6.32. The molecule has 15 rings (SSSR count). The summed E-state index contributed by atoms with van der Waals surface area (Å²) in [6.07, 6.45) is -22.1. The normalized spacial score (nSPS) is 29.7. The highest BCUT2D eigenvalue weighted by atomic mass is 35.5. The van der Waals surface area contributed by atoms with E-state index in [0.717, 1.165) is 71.3 Å². The lowest BCUT2D eigenvalue weighted by atomic mass is 9.86. The van der Waals surface area contributed by atoms with E-state index >= 15 is 24.0 Å². The molecule has 22 N–H and O–H groups in total. The van der Waals surface area contributed by atoms with Gasteiger partial charge in [-0.25, -0.2) is 4.79 Å². The van der Waals surface area contributed by atoms with Gasteiger partial charge >= 0.3 is 5.97 Å². The molecule has 40 heteroatoms. The summed E-state index contributed by atoms with van der Waals surface area (Å²) in [5.74, 6) is -16.4. The molecule has 7 amide bonds. The molecule has 37 nitrogen and oxygen atoms in total. The number of amides is 7. The van der Waals surface area contributed by atoms with Crippen LogP contribution < -0.4 is 68.2 Å². The minimum Gasteiger partial charge on any atom is -0.508 e. The van der Waals surface area contributed by atoms with Gasteiger partial charge in [-0.3, -0.25) is 38.9 Å². The minimum atomic E-state index is -2.41. The number of rotatable bonds is 19. The molecule has 7 aromatic carbocycles. The van der Waals surface area contributed by atoms with Gasteiger partial charge in [0.1, 0.15) is 95.6 Å². The van der Waals surface area contributed by atoms with Crippen LogP contribution in [-0.2, 0) is 73.3 Å². The Labute approximate surface area is 729 Å². The number of nitrogens with two attached hydrogens (primary N) is 2. The Kier molecular flexibility index (Phi) is 27.9. The number of hydrogen-bond acceptors (Lipinski definition) is 29. The fraction of sp³-hybridized carbons (Fsp3) is 0.412. The van der Waals surface area contributed by atoms with E-state index < -0.39 is 267 Å². The third kappa shape index (κ3) is 20.1. The molecule has 0 saturated carbocycles. The number of likely N-dealkylation sites (N-methyl/N-ethyl adjacent to an activating group) is 1. The third-order valence-electron chi connectivity index (χ3n) is 22.5. The maximum Gasteiger partial charge on any atom is 0.330 e. The van der Waals surface area contributed by atoms with Gasteiger partial charge in [-0.2, -0.15) is 0 Å². The summed E-state index contributed by atoms with van der Waals surface area (Å²) in [6.45, 7) is 6.66. The number of hydrogen-bond donors (Lipinski definition) is 20. The van der Waals surface area contributed by atoms with E-state index in [-0.39, 0.29) is 47.7 Å². The highest BCUT2D eigenvalue weighted by Crippen LogP contribution is 2.51. The predicted octanol–water partition coefficient (Wildman–Crippen LogP) is 4.04. The van der Waals surface area contributed by atoms with Gasteiger partial charge in [-0.15, -0.1) is 0 Å². The van der Waals surface area contributed by atoms with Crippen molar-refractivity contribution in [1.29, 1.82) is 0 Å². The SMILES string of the molecule is CN[C@H](CC(C)C)C(=O)N[C@H]1C(=O)N[C@@H](CC(N)=O)C(=O)N[C@H]2C(=O)N[C@H]3C(=O)N[C@H](C(=O)N[C@H](C(=O)O)c4cc(O)cc(O)c4-c4cc3ccc4O)[C@H](O[C@H]3C[C@](C)(N)[C@@H](O)[C@H](C)O3)c3ccc(c(Cl)c3)Oc3cc2cc(c3O[C@@H]2O[C@H](CO)[C@@H](O)[C@H](O)[C@H]2O[C@@H]2O[C@@H](C)[C@H](O)[C@@](C)(NCc3ccc(-c4ccc(Cl)cc4)cc3)O2)Oc2ccc(cc2Cl)[C@H]1O. The zero-order valence-electron chi connectivity index (χ0n) is 68.0. The smallest absolute Gasteiger partial charge is 0.330 e. The first-order valence-corrected chi connectivity index (χ1v) is 40.9. The molecule has 3 fully saturated rings. The summed E-state index contributed by atoms with van der Waals surface area (Å²) in [7, 11) is 1.47. The summed E-state index contributed by atoms with van der Waals surface area (Å²) >= 11 is 20.8. The zero-order valence-corrected chi connectivity index (χ0v) is 70.3. The van der Waals surface area contributed by atoms with Crippen molar-refractivity contribution in [1.82, 2.24) is 42.5 Å². The standard InChI is InChI=1S/C85H95Cl3N10O27/c1-34(2)22-50(91-7)75(109)97-65-67(104)41-15-20-54(48(87)24-41)119-56-26-43-27-57(71(56)123-82-72(69(106)68(105)58(33-99)121-82)124-83-118-36(4)74(108)85(6,125-83)92-32-37-8-10-38(11-9-37)39-12-17-44(86)18-13-39)120-55-21-16-42(25-49(55)88)70(122-60-31-84(5,90)73(107)35(3)117-60)66-80(114)96-64(81(115)116)47-28-45(100)29-53(102)61(47)46-23-40(14-19-52(46)101)62(77(111)98-66)95-78(112)63(43)94-76(110)51(30-59(89)103)93-79(65)113/h8-21,23-29,34-36,50-51,58,60,62-70,72-74,82-83,91-92,99-102,104-108H,22,30-33,90H2,1-7H3,(H2,89,103)(H,93,113)(H,94,110)(H,95,112)(H,96,114)(H,97,109)(H,98,111)(H,115,116)/t35-,36-,50+,51-,58+,60-,62+,63+,64-,65+,66-,67+,68+,69-,70+,72+,73-,74-,82-,83-,84-,85-/m0/s1. The molecule has 125 heavy (non-hydrogen) atoms. The zero-order chi connectivity index (χ0) is 90.3. The van der Waals surface area contributed by atoms with Crippen molar-refractivity contribution < 1.29 is 132 Å². The first kappa shape index (κ1) is 92.0. The number of nitrogens with one attached hydrogen (secondary N) is 8. The van der Waals surface area contributed by atoms with Gasteiger partial charge in [-0.05, 0) is 153 Å². The van der Waals surface area contributed by atoms with Crippen LogP contribution in [0.3, 0.4) is 0 Å². The second-order valence-corrected chi connectivity index (χ2v) is 33.4. The monoisotopic (exact) mass is 1790 g/mol. The van der Waals surface area contributed by atoms with Crippen LogP contribution in [0.2, 0.25) is 15.1 Å². The number of phenolic OH excluding ortho intramolecular Hbond substituents is 3. The second-order valence-electron chi connectivity index (χ2n) is 32.2. The number of aromatic hydroxyl groups is 3. The Bertz CT molecular complexity index is 5250. The molecule has 0 aromatic heterocycles. The number of aliphatic carboxylic acids is 1. The van der Waals surface area contributed by atoms with Crippen LogP contribution in [0, 0.1) is 5.92 Å². The number of halogens is 3. The van der Waals surface area contributed by atoms with Crippen molar-refractivity contribution in [3.05, 3.63) is 176 Å². The number of carbonyl (C=O) groups is 8. The van der Waals surface area contributed by atoms with Gasteiger partial charge in [-0.1, -0.05) is 103 Å². The lowest BCUT2D eigenvalue weighted by Gasteiger charge is -2.48. The van der Waals surface area contributed by atoms with Crippen LogP contribution >= 0.6 is 34.8 Å². The van der Waals surface area contributed by atoms with Crippen LogP contribution in [0.1, 0.15) is 125 Å². The predicted molar refractivity (Wildman–Crippen MR) is 442 cm³/mol. The number of fused-ring (bicyclic) bond motifs is 15. The third-order valence-corrected chi connectivity index (χ3v) is 23.3. The van der Waals surface area contributed by atoms with E-state index in [4.69, 9.17) is 88.9 Å². The van der Waals surface area contributed by atoms with Gasteiger partial charge < -0.3 is 142 Å². The fourth-order valence-corrected chi connectivity index (χ4v) is 16.3. The molecule has 8 aliphatic rings. The van der Waals surface area contributed by atoms with Crippen LogP contribution in [0.5, 0.6) is 46.0 Å². The van der Waals surface area contributed by atoms with Crippen molar-refractivity contribution in [3.63, 3.8) is 0 Å². The van der Waals surface area contributed by atoms with E-state index in [2.05, 4.69) is 42.5 Å². The quantitative estimate of drug-likeness (QED) is 0.0543. The van der Waals surface area contributed by atoms with E-state index in [1.807, 2.05) is 50.2 Å². The maximum atomic E-state index is 16.5. The molecule has 0 radical (unpaired) electrons. The number of phenols is 3. The Balaban J connectivity index is 1.02. The molecular formula is C85H95Cl3N10O27. The second kappa shape index (κ2) is 37.9. The molecule has 668 valence electrons. The summed E-state index contributed by atoms with van der Waals surface area (Å²) < 4.78 is 58.7. The lowest BCUT2D eigenvalue weighted by molar-refractivity contribution is -0.431. The first-order valence-electron chi connectivity index (χ1n) is 39.7. The maximum absolute atomic E-state index is 16.5. The van der Waals surface area contributed by atoms with Crippen molar-refractivity contribution in [3.8, 4) is 68.2 Å². The topological polar surface area (TPSA) is 570 Å². The molecule has 7 aromatic rings. The molecule has 0 spiro atoms. The molecule has 11 bridgehead atoms. The van der Waals surface area contributed by atoms with Gasteiger partial charge in [0.25, 0.3) is 6.48 Å². The molecular weight excluding hydrogens is 1700 g/mol. The molecule has 3 saturated heterocycles. The summed E-state index contributed by atoms with van der Waals surface area (Å²) in [4.78, 5) is 121. The molecule has 22 atom stereocenters. The highest BCUT2D eigenvalue weighted by Gasteiger charge is 2.54. The largest absolute Gasteiger partial charge is 0.508 e. The van der Waals surface area contributed by atoms with Crippen molar-refractivity contribution in [2.24, 2.45) is 17.4 Å². The van der Waals surface area contributed by atoms with Gasteiger partial charge in [0.2, 0.25) is 53.4 Å². The molecule has 0 unspecified atom stereocenters. The van der Waals surface area contributed by atoms with E-state index in [9.17, 15) is 65.4 Å². The van der Waals surface area contributed by atoms with Crippen LogP contribution in [0.25, 0.3) is 22.3 Å². The number of benzene rings is 7. The average Bonchev–Trinajstić information content (AvgIpc) is 0.763. The Morgan fingerprint density at radius 3 is 1.87 bits per heavy atom. The molecule has 0 aliphatic carbocycles. The summed E-state index contributed by atoms with van der Waals surface area (Å²) in [5, 5.41) is 137. The van der Waals surface area contributed by atoms with E-state index in [0.29, 0.717) is 5.02 Å². The number of carboxylic acid groups (broad SMARTS) is 1. The van der Waals surface area contributed by atoms with Gasteiger partial charge in [0, 0.05) is 46.3 Å². The number of primary amides is 1. The van der Waals surface area contributed by atoms with E-state index in [1.165, 1.54) is 59.0 Å². The summed E-state index contributed by atoms with van der Waals surface area (Å²) in [6, 6.07) is 14.0. The Morgan fingerprint density at radius 1 is 0.648 bits per heavy atom. The molecule has 8 heterocycles. The van der Waals surface area contributed by atoms with Crippen LogP contribution in [0.15, 0.2) is 127 Å². The van der Waals surface area contributed by atoms with Crippen molar-refractivity contribution in [2.45, 2.75) is 201 Å². The molecule has 8 aliphatic heterocycles. The number of aliphatic hydroxyl groups excluding tert-OH is 6. The number of carboxylic acids is 1. The average molecular weight is 1800 g/mol. The number of ether oxygens (including phenoxy) is 9. The Morgan fingerprint density at radius 2 is 1.26 bits per heavy atom. The van der Waals surface area contributed by atoms with Gasteiger partial charge in [0.15, 0.2) is 35.7 Å². The van der Waals surface area contributed by atoms with Crippen LogP contribution in [-0.4, -0.2) is 215 Å². The van der Waals surface area contributed by atoms with Crippen molar-refractivity contribution in [2.75, 3.05) is 13.7 Å². The number of carbonyl (C=O) groups excluding carboxylic acids is 7. The minimum absolute atomic E-state index is 0.0681. The van der Waals surface area contributed by atoms with Crippen LogP contribution in [0.4, 0.5) is 0 Å². The van der Waals surface area contributed by atoms with Gasteiger partial charge in [0.05, 0.1) is 47.4 Å². The summed E-state index contributed by atoms with van der Waals surface area (Å²) in [5.41, 5.74) is 8.87. The Hall–Kier alpha value is -10.6. The van der Waals surface area contributed by atoms with Crippen molar-refractivity contribution >= 4 is 82.1 Å². The lowest BCUT2D eigenvalue weighted by Crippen LogP contribution is -2.66.